The van der Waals surface area contributed by atoms with Gasteiger partial charge in [-0.15, -0.1) is 0 Å². The summed E-state index contributed by atoms with van der Waals surface area (Å²) < 4.78 is 12.9. The van der Waals surface area contributed by atoms with Crippen molar-refractivity contribution in [2.24, 2.45) is 0 Å². The fourth-order valence-electron chi connectivity index (χ4n) is 2.19. The standard InChI is InChI=1S/C19H19FN4O/c1-2-24(12-9-15-7-10-22-11-8-15)14-16(13-21)19(25)23-18-5-3-17(20)4-6-18/h3-8,10-11,14H,2,9,12H2,1H3,(H,23,25)/b16-14-. The molecule has 0 saturated heterocycles. The van der Waals surface area contributed by atoms with Crippen LogP contribution in [0.2, 0.25) is 0 Å². The number of nitriles is 1. The number of carbonyl (C=O) groups is 1. The normalized spacial score (nSPS) is 10.8. The predicted molar refractivity (Wildman–Crippen MR) is 93.9 cm³/mol. The summed E-state index contributed by atoms with van der Waals surface area (Å²) in [7, 11) is 0. The first kappa shape index (κ1) is 18.1. The highest BCUT2D eigenvalue weighted by molar-refractivity contribution is 6.06. The number of pyridine rings is 1. The van der Waals surface area contributed by atoms with Crippen molar-refractivity contribution in [3.05, 3.63) is 71.9 Å². The number of carbonyl (C=O) groups excluding carboxylic acids is 1. The SMILES string of the molecule is CCN(/C=C(/C#N)C(=O)Nc1ccc(F)cc1)CCc1ccncc1. The van der Waals surface area contributed by atoms with E-state index in [9.17, 15) is 14.4 Å². The van der Waals surface area contributed by atoms with Gasteiger partial charge < -0.3 is 10.2 Å². The summed E-state index contributed by atoms with van der Waals surface area (Å²) in [4.78, 5) is 18.1. The lowest BCUT2D eigenvalue weighted by molar-refractivity contribution is -0.112. The molecule has 1 aromatic carbocycles. The Morgan fingerprint density at radius 2 is 1.96 bits per heavy atom. The van der Waals surface area contributed by atoms with E-state index in [2.05, 4.69) is 10.3 Å². The van der Waals surface area contributed by atoms with E-state index < -0.39 is 5.91 Å². The molecule has 0 spiro atoms. The monoisotopic (exact) mass is 338 g/mol. The Hall–Kier alpha value is -3.20. The molecule has 0 unspecified atom stereocenters. The number of nitrogens with zero attached hydrogens (tertiary/aromatic N) is 3. The number of likely N-dealkylation sites (N-methyl/N-ethyl adjacent to an activating group) is 1. The minimum absolute atomic E-state index is 0.000836. The van der Waals surface area contributed by atoms with Crippen molar-refractivity contribution in [2.45, 2.75) is 13.3 Å². The van der Waals surface area contributed by atoms with Gasteiger partial charge in [0.15, 0.2) is 0 Å². The number of benzene rings is 1. The second kappa shape index (κ2) is 9.18. The maximum absolute atomic E-state index is 12.9. The van der Waals surface area contributed by atoms with Crippen LogP contribution < -0.4 is 5.32 Å². The fraction of sp³-hybridized carbons (Fsp3) is 0.211. The van der Waals surface area contributed by atoms with Crippen molar-refractivity contribution in [3.8, 4) is 6.07 Å². The number of rotatable bonds is 7. The second-order valence-corrected chi connectivity index (χ2v) is 5.35. The Morgan fingerprint density at radius 3 is 2.56 bits per heavy atom. The Morgan fingerprint density at radius 1 is 1.28 bits per heavy atom. The molecule has 0 radical (unpaired) electrons. The molecule has 5 nitrogen and oxygen atoms in total. The number of hydrogen-bond donors (Lipinski definition) is 1. The van der Waals surface area contributed by atoms with Crippen molar-refractivity contribution in [1.29, 1.82) is 5.26 Å². The van der Waals surface area contributed by atoms with Crippen LogP contribution in [-0.2, 0) is 11.2 Å². The second-order valence-electron chi connectivity index (χ2n) is 5.35. The summed E-state index contributed by atoms with van der Waals surface area (Å²) in [5.41, 5.74) is 1.57. The van der Waals surface area contributed by atoms with Gasteiger partial charge in [-0.25, -0.2) is 4.39 Å². The molecule has 25 heavy (non-hydrogen) atoms. The minimum atomic E-state index is -0.517. The van der Waals surface area contributed by atoms with Gasteiger partial charge in [0, 0.05) is 37.4 Å². The molecule has 1 heterocycles. The van der Waals surface area contributed by atoms with Crippen LogP contribution in [0.15, 0.2) is 60.6 Å². The van der Waals surface area contributed by atoms with E-state index in [1.54, 1.807) is 18.6 Å². The Labute approximate surface area is 146 Å². The predicted octanol–water partition coefficient (Wildman–Crippen LogP) is 3.13. The summed E-state index contributed by atoms with van der Waals surface area (Å²) in [5, 5.41) is 11.9. The number of hydrogen-bond acceptors (Lipinski definition) is 4. The fourth-order valence-corrected chi connectivity index (χ4v) is 2.19. The lowest BCUT2D eigenvalue weighted by Crippen LogP contribution is -2.23. The van der Waals surface area contributed by atoms with Gasteiger partial charge in [-0.05, 0) is 55.3 Å². The topological polar surface area (TPSA) is 69.0 Å². The van der Waals surface area contributed by atoms with E-state index in [1.165, 1.54) is 24.3 Å². The van der Waals surface area contributed by atoms with Crippen LogP contribution in [0.4, 0.5) is 10.1 Å². The van der Waals surface area contributed by atoms with Crippen molar-refractivity contribution in [3.63, 3.8) is 0 Å². The molecule has 128 valence electrons. The molecule has 0 aliphatic carbocycles. The van der Waals surface area contributed by atoms with Crippen LogP contribution in [-0.4, -0.2) is 28.9 Å². The highest BCUT2D eigenvalue weighted by atomic mass is 19.1. The molecule has 1 aromatic heterocycles. The van der Waals surface area contributed by atoms with Gasteiger partial charge in [-0.1, -0.05) is 0 Å². The lowest BCUT2D eigenvalue weighted by Gasteiger charge is -2.18. The van der Waals surface area contributed by atoms with Gasteiger partial charge in [-0.2, -0.15) is 5.26 Å². The van der Waals surface area contributed by atoms with Gasteiger partial charge in [-0.3, -0.25) is 9.78 Å². The third-order valence-corrected chi connectivity index (χ3v) is 3.62. The Bertz CT molecular complexity index is 766. The van der Waals surface area contributed by atoms with Gasteiger partial charge in [0.05, 0.1) is 0 Å². The first-order valence-corrected chi connectivity index (χ1v) is 7.94. The molecule has 0 fully saturated rings. The molecule has 0 bridgehead atoms. The quantitative estimate of drug-likeness (QED) is 0.622. The number of nitrogens with one attached hydrogen (secondary N) is 1. The summed E-state index contributed by atoms with van der Waals surface area (Å²) >= 11 is 0. The third-order valence-electron chi connectivity index (χ3n) is 3.62. The van der Waals surface area contributed by atoms with Gasteiger partial charge in [0.25, 0.3) is 5.91 Å². The van der Waals surface area contributed by atoms with Crippen molar-refractivity contribution < 1.29 is 9.18 Å². The zero-order valence-corrected chi connectivity index (χ0v) is 13.9. The van der Waals surface area contributed by atoms with Crippen molar-refractivity contribution in [2.75, 3.05) is 18.4 Å². The summed E-state index contributed by atoms with van der Waals surface area (Å²) in [6.07, 6.45) is 5.81. The molecule has 1 N–H and O–H groups in total. The van der Waals surface area contributed by atoms with Crippen LogP contribution in [0, 0.1) is 17.1 Å². The zero-order chi connectivity index (χ0) is 18.1. The number of aromatic nitrogens is 1. The first-order chi connectivity index (χ1) is 12.1. The lowest BCUT2D eigenvalue weighted by atomic mass is 10.2. The van der Waals surface area contributed by atoms with E-state index in [0.29, 0.717) is 18.8 Å². The maximum atomic E-state index is 12.9. The average molecular weight is 338 g/mol. The Balaban J connectivity index is 2.01. The smallest absolute Gasteiger partial charge is 0.267 e. The van der Waals surface area contributed by atoms with E-state index >= 15 is 0 Å². The molecule has 2 rings (SSSR count). The van der Waals surface area contributed by atoms with Gasteiger partial charge in [0.1, 0.15) is 17.5 Å². The van der Waals surface area contributed by atoms with Crippen molar-refractivity contribution >= 4 is 11.6 Å². The van der Waals surface area contributed by atoms with Crippen LogP contribution in [0.3, 0.4) is 0 Å². The molecule has 0 atom stereocenters. The molecule has 0 saturated carbocycles. The van der Waals surface area contributed by atoms with Gasteiger partial charge in [0.2, 0.25) is 0 Å². The summed E-state index contributed by atoms with van der Waals surface area (Å²) in [6.45, 7) is 3.30. The highest BCUT2D eigenvalue weighted by Gasteiger charge is 2.11. The molecule has 6 heteroatoms. The van der Waals surface area contributed by atoms with Gasteiger partial charge >= 0.3 is 0 Å². The van der Waals surface area contributed by atoms with E-state index in [4.69, 9.17) is 0 Å². The minimum Gasteiger partial charge on any atom is -0.376 e. The van der Waals surface area contributed by atoms with Crippen LogP contribution in [0.25, 0.3) is 0 Å². The van der Waals surface area contributed by atoms with E-state index in [-0.39, 0.29) is 11.4 Å². The number of amides is 1. The highest BCUT2D eigenvalue weighted by Crippen LogP contribution is 2.10. The van der Waals surface area contributed by atoms with Crippen LogP contribution in [0.1, 0.15) is 12.5 Å². The Kier molecular flexibility index (Phi) is 6.66. The largest absolute Gasteiger partial charge is 0.376 e. The summed E-state index contributed by atoms with van der Waals surface area (Å²) in [6, 6.07) is 11.2. The number of halogens is 1. The maximum Gasteiger partial charge on any atom is 0.267 e. The molecular formula is C19H19FN4O. The molecule has 2 aromatic rings. The third kappa shape index (κ3) is 5.74. The summed E-state index contributed by atoms with van der Waals surface area (Å²) in [5.74, 6) is -0.904. The van der Waals surface area contributed by atoms with E-state index in [1.807, 2.05) is 30.0 Å². The van der Waals surface area contributed by atoms with Crippen LogP contribution in [0.5, 0.6) is 0 Å². The average Bonchev–Trinajstić information content (AvgIpc) is 2.64. The van der Waals surface area contributed by atoms with Crippen LogP contribution >= 0.6 is 0 Å². The first-order valence-electron chi connectivity index (χ1n) is 7.94. The molecule has 0 aliphatic heterocycles. The molecule has 0 aliphatic rings. The number of anilines is 1. The van der Waals surface area contributed by atoms with Crippen molar-refractivity contribution in [1.82, 2.24) is 9.88 Å². The molecule has 1 amide bonds. The van der Waals surface area contributed by atoms with E-state index in [0.717, 1.165) is 12.0 Å². The zero-order valence-electron chi connectivity index (χ0n) is 13.9. The molecular weight excluding hydrogens is 319 g/mol.